The molecule has 0 aliphatic rings. The molecule has 0 aromatic rings. The molecule has 0 rings (SSSR count). The maximum atomic E-state index is 12.7. The molecule has 0 spiro atoms. The summed E-state index contributed by atoms with van der Waals surface area (Å²) >= 11 is 0. The third-order valence-corrected chi connectivity index (χ3v) is 6.20. The van der Waals surface area contributed by atoms with E-state index in [0.29, 0.717) is 12.8 Å². The Kier molecular flexibility index (Phi) is 16.0. The Labute approximate surface area is 150 Å². The van der Waals surface area contributed by atoms with E-state index in [2.05, 4.69) is 19.8 Å². The first-order chi connectivity index (χ1) is 11.6. The second-order valence-electron chi connectivity index (χ2n) is 6.62. The summed E-state index contributed by atoms with van der Waals surface area (Å²) in [5, 5.41) is 0. The normalized spacial score (nSPS) is 14.9. The minimum absolute atomic E-state index is 0.458. The quantitative estimate of drug-likeness (QED) is 0.160. The minimum atomic E-state index is -3.03. The van der Waals surface area contributed by atoms with Gasteiger partial charge in [-0.15, -0.1) is 6.42 Å². The average Bonchev–Trinajstić information content (AvgIpc) is 2.58. The summed E-state index contributed by atoms with van der Waals surface area (Å²) in [7, 11) is -3.03. The Morgan fingerprint density at radius 1 is 0.875 bits per heavy atom. The lowest BCUT2D eigenvalue weighted by molar-refractivity contribution is 0.183. The SMILES string of the molecule is C#CC(C)OP(=O)(CCCC)OCCCCCCCCCCCC. The highest BCUT2D eigenvalue weighted by Crippen LogP contribution is 2.50. The van der Waals surface area contributed by atoms with Gasteiger partial charge in [0.2, 0.25) is 0 Å². The molecule has 0 saturated heterocycles. The van der Waals surface area contributed by atoms with E-state index in [1.54, 1.807) is 6.92 Å². The second-order valence-corrected chi connectivity index (χ2v) is 8.76. The zero-order valence-electron chi connectivity index (χ0n) is 16.2. The first-order valence-corrected chi connectivity index (χ1v) is 11.7. The smallest absolute Gasteiger partial charge is 0.309 e. The lowest BCUT2D eigenvalue weighted by Gasteiger charge is -2.20. The van der Waals surface area contributed by atoms with Crippen LogP contribution in [0.4, 0.5) is 0 Å². The van der Waals surface area contributed by atoms with Crippen molar-refractivity contribution in [2.45, 2.75) is 104 Å². The van der Waals surface area contributed by atoms with Crippen molar-refractivity contribution in [3.8, 4) is 12.3 Å². The standard InChI is InChI=1S/C20H39O3P/c1-5-8-10-11-12-13-14-15-16-17-18-22-24(21,19-9-6-2)23-20(4)7-3/h3,20H,5-6,8-19H2,1-2,4H3. The number of unbranched alkanes of at least 4 members (excludes halogenated alkanes) is 10. The number of rotatable bonds is 17. The number of hydrogen-bond donors (Lipinski definition) is 0. The van der Waals surface area contributed by atoms with Gasteiger partial charge >= 0.3 is 7.60 Å². The van der Waals surface area contributed by atoms with E-state index in [4.69, 9.17) is 15.5 Å². The van der Waals surface area contributed by atoms with Crippen LogP contribution in [0.25, 0.3) is 0 Å². The fourth-order valence-corrected chi connectivity index (χ4v) is 4.51. The summed E-state index contributed by atoms with van der Waals surface area (Å²) in [6, 6.07) is 0. The highest BCUT2D eigenvalue weighted by Gasteiger charge is 2.25. The van der Waals surface area contributed by atoms with Crippen LogP contribution in [0.5, 0.6) is 0 Å². The summed E-state index contributed by atoms with van der Waals surface area (Å²) in [5.74, 6) is 2.47. The van der Waals surface area contributed by atoms with Gasteiger partial charge in [-0.2, -0.15) is 0 Å². The third-order valence-electron chi connectivity index (χ3n) is 4.12. The fraction of sp³-hybridized carbons (Fsp3) is 0.900. The Hall–Kier alpha value is -0.290. The van der Waals surface area contributed by atoms with Crippen molar-refractivity contribution in [2.24, 2.45) is 0 Å². The van der Waals surface area contributed by atoms with Crippen molar-refractivity contribution in [3.63, 3.8) is 0 Å². The van der Waals surface area contributed by atoms with Crippen molar-refractivity contribution < 1.29 is 13.6 Å². The highest BCUT2D eigenvalue weighted by molar-refractivity contribution is 7.53. The minimum Gasteiger partial charge on any atom is -0.309 e. The van der Waals surface area contributed by atoms with Gasteiger partial charge < -0.3 is 4.52 Å². The topological polar surface area (TPSA) is 35.5 Å². The molecule has 24 heavy (non-hydrogen) atoms. The molecule has 4 heteroatoms. The van der Waals surface area contributed by atoms with Gasteiger partial charge in [0, 0.05) is 0 Å². The molecule has 0 fully saturated rings. The maximum Gasteiger partial charge on any atom is 0.331 e. The van der Waals surface area contributed by atoms with Crippen LogP contribution in [0.15, 0.2) is 0 Å². The average molecular weight is 359 g/mol. The maximum absolute atomic E-state index is 12.7. The van der Waals surface area contributed by atoms with Gasteiger partial charge in [-0.25, -0.2) is 0 Å². The van der Waals surface area contributed by atoms with Gasteiger partial charge in [0.25, 0.3) is 0 Å². The number of hydrogen-bond acceptors (Lipinski definition) is 3. The van der Waals surface area contributed by atoms with Crippen molar-refractivity contribution in [1.29, 1.82) is 0 Å². The van der Waals surface area contributed by atoms with Crippen molar-refractivity contribution in [1.82, 2.24) is 0 Å². The third kappa shape index (κ3) is 14.1. The predicted octanol–water partition coefficient (Wildman–Crippen LogP) is 6.96. The summed E-state index contributed by atoms with van der Waals surface area (Å²) in [6.07, 6.45) is 19.9. The molecule has 0 aromatic carbocycles. The van der Waals surface area contributed by atoms with E-state index in [1.165, 1.54) is 51.4 Å². The van der Waals surface area contributed by atoms with Crippen LogP contribution in [0.2, 0.25) is 0 Å². The van der Waals surface area contributed by atoms with Crippen molar-refractivity contribution in [3.05, 3.63) is 0 Å². The van der Waals surface area contributed by atoms with Gasteiger partial charge in [-0.05, 0) is 19.8 Å². The molecule has 0 amide bonds. The first kappa shape index (κ1) is 23.7. The van der Waals surface area contributed by atoms with E-state index >= 15 is 0 Å². The molecule has 0 aliphatic carbocycles. The van der Waals surface area contributed by atoms with Gasteiger partial charge in [0.05, 0.1) is 12.8 Å². The monoisotopic (exact) mass is 358 g/mol. The van der Waals surface area contributed by atoms with E-state index in [9.17, 15) is 4.57 Å². The summed E-state index contributed by atoms with van der Waals surface area (Å²) < 4.78 is 23.8. The largest absolute Gasteiger partial charge is 0.331 e. The molecule has 0 radical (unpaired) electrons. The molecule has 0 heterocycles. The molecular formula is C20H39O3P. The van der Waals surface area contributed by atoms with Gasteiger partial charge in [0.1, 0.15) is 6.10 Å². The van der Waals surface area contributed by atoms with Gasteiger partial charge in [0.15, 0.2) is 0 Å². The fourth-order valence-electron chi connectivity index (χ4n) is 2.56. The van der Waals surface area contributed by atoms with Crippen LogP contribution in [0.3, 0.4) is 0 Å². The van der Waals surface area contributed by atoms with E-state index in [1.807, 2.05) is 0 Å². The predicted molar refractivity (Wildman–Crippen MR) is 105 cm³/mol. The Morgan fingerprint density at radius 2 is 1.38 bits per heavy atom. The van der Waals surface area contributed by atoms with Crippen molar-refractivity contribution >= 4 is 7.60 Å². The molecule has 0 bridgehead atoms. The first-order valence-electron chi connectivity index (χ1n) is 9.96. The molecule has 0 N–H and O–H groups in total. The lowest BCUT2D eigenvalue weighted by Crippen LogP contribution is -2.08. The Morgan fingerprint density at radius 3 is 1.88 bits per heavy atom. The Balaban J connectivity index is 3.73. The van der Waals surface area contributed by atoms with Gasteiger partial charge in [-0.1, -0.05) is 84.0 Å². The van der Waals surface area contributed by atoms with Crippen LogP contribution in [0.1, 0.15) is 97.8 Å². The molecule has 0 aliphatic heterocycles. The van der Waals surface area contributed by atoms with E-state index in [0.717, 1.165) is 25.7 Å². The molecular weight excluding hydrogens is 319 g/mol. The van der Waals surface area contributed by atoms with Crippen molar-refractivity contribution in [2.75, 3.05) is 12.8 Å². The zero-order valence-corrected chi connectivity index (χ0v) is 17.1. The van der Waals surface area contributed by atoms with Crippen LogP contribution >= 0.6 is 7.60 Å². The Bertz CT molecular complexity index is 362. The summed E-state index contributed by atoms with van der Waals surface area (Å²) in [5.41, 5.74) is 0. The molecule has 0 saturated carbocycles. The zero-order chi connectivity index (χ0) is 18.1. The number of terminal acetylenes is 1. The van der Waals surface area contributed by atoms with E-state index in [-0.39, 0.29) is 0 Å². The second kappa shape index (κ2) is 16.2. The van der Waals surface area contributed by atoms with Crippen LogP contribution in [0, 0.1) is 12.3 Å². The molecule has 142 valence electrons. The summed E-state index contributed by atoms with van der Waals surface area (Å²) in [6.45, 7) is 6.57. The van der Waals surface area contributed by atoms with Gasteiger partial charge in [-0.3, -0.25) is 9.09 Å². The van der Waals surface area contributed by atoms with Crippen LogP contribution < -0.4 is 0 Å². The van der Waals surface area contributed by atoms with E-state index < -0.39 is 13.7 Å². The lowest BCUT2D eigenvalue weighted by atomic mass is 10.1. The van der Waals surface area contributed by atoms with Crippen LogP contribution in [-0.2, 0) is 13.6 Å². The highest BCUT2D eigenvalue weighted by atomic mass is 31.2. The van der Waals surface area contributed by atoms with Crippen LogP contribution in [-0.4, -0.2) is 18.9 Å². The molecule has 2 unspecified atom stereocenters. The summed E-state index contributed by atoms with van der Waals surface area (Å²) in [4.78, 5) is 0. The molecule has 3 nitrogen and oxygen atoms in total. The molecule has 2 atom stereocenters. The molecule has 0 aromatic heterocycles.